The fraction of sp³-hybridized carbons (Fsp3) is 0.917. The lowest BCUT2D eigenvalue weighted by molar-refractivity contribution is -0.126. The van der Waals surface area contributed by atoms with Gasteiger partial charge in [-0.25, -0.2) is 0 Å². The van der Waals surface area contributed by atoms with E-state index in [0.29, 0.717) is 0 Å². The third-order valence-corrected chi connectivity index (χ3v) is 3.33. The van der Waals surface area contributed by atoms with Gasteiger partial charge in [-0.15, -0.1) is 0 Å². The molecule has 2 atom stereocenters. The Morgan fingerprint density at radius 3 is 2.60 bits per heavy atom. The molecule has 3 nitrogen and oxygen atoms in total. The highest BCUT2D eigenvalue weighted by Crippen LogP contribution is 2.19. The SMILES string of the molecule is CC(NC(=O)C1CCCNC1)C(C)(C)C. The highest BCUT2D eigenvalue weighted by Gasteiger charge is 2.26. The lowest BCUT2D eigenvalue weighted by Gasteiger charge is -2.30. The lowest BCUT2D eigenvalue weighted by Crippen LogP contribution is -2.47. The molecule has 2 unspecified atom stereocenters. The molecule has 1 rings (SSSR count). The number of amides is 1. The highest BCUT2D eigenvalue weighted by molar-refractivity contribution is 5.79. The van der Waals surface area contributed by atoms with Gasteiger partial charge in [-0.1, -0.05) is 20.8 Å². The van der Waals surface area contributed by atoms with Crippen LogP contribution in [-0.4, -0.2) is 25.0 Å². The third-order valence-electron chi connectivity index (χ3n) is 3.33. The van der Waals surface area contributed by atoms with Crippen molar-refractivity contribution in [3.05, 3.63) is 0 Å². The smallest absolute Gasteiger partial charge is 0.224 e. The predicted octanol–water partition coefficient (Wildman–Crippen LogP) is 1.54. The van der Waals surface area contributed by atoms with Crippen molar-refractivity contribution < 1.29 is 4.79 Å². The summed E-state index contributed by atoms with van der Waals surface area (Å²) in [6, 6.07) is 0.229. The minimum absolute atomic E-state index is 0.137. The van der Waals surface area contributed by atoms with E-state index in [1.165, 1.54) is 0 Å². The van der Waals surface area contributed by atoms with Crippen LogP contribution in [0, 0.1) is 11.3 Å². The van der Waals surface area contributed by atoms with Crippen molar-refractivity contribution in [1.82, 2.24) is 10.6 Å². The zero-order valence-corrected chi connectivity index (χ0v) is 10.4. The van der Waals surface area contributed by atoms with Gasteiger partial charge in [-0.3, -0.25) is 4.79 Å². The van der Waals surface area contributed by atoms with E-state index < -0.39 is 0 Å². The molecule has 88 valence electrons. The zero-order valence-electron chi connectivity index (χ0n) is 10.4. The summed E-state index contributed by atoms with van der Waals surface area (Å²) in [6.07, 6.45) is 2.14. The van der Waals surface area contributed by atoms with Crippen molar-refractivity contribution in [3.63, 3.8) is 0 Å². The van der Waals surface area contributed by atoms with Crippen LogP contribution in [0.1, 0.15) is 40.5 Å². The van der Waals surface area contributed by atoms with Gasteiger partial charge in [-0.05, 0) is 31.7 Å². The number of piperidine rings is 1. The second-order valence-corrected chi connectivity index (χ2v) is 5.64. The summed E-state index contributed by atoms with van der Waals surface area (Å²) >= 11 is 0. The highest BCUT2D eigenvalue weighted by atomic mass is 16.2. The van der Waals surface area contributed by atoms with Gasteiger partial charge in [-0.2, -0.15) is 0 Å². The molecule has 0 aromatic carbocycles. The summed E-state index contributed by atoms with van der Waals surface area (Å²) in [7, 11) is 0. The molecule has 0 radical (unpaired) electrons. The molecule has 0 bridgehead atoms. The molecule has 1 amide bonds. The van der Waals surface area contributed by atoms with E-state index in [1.807, 2.05) is 0 Å². The summed E-state index contributed by atoms with van der Waals surface area (Å²) in [5.41, 5.74) is 0.137. The van der Waals surface area contributed by atoms with Gasteiger partial charge < -0.3 is 10.6 Å². The van der Waals surface area contributed by atoms with Gasteiger partial charge >= 0.3 is 0 Å². The molecule has 1 aliphatic heterocycles. The molecule has 0 aromatic heterocycles. The summed E-state index contributed by atoms with van der Waals surface area (Å²) in [5.74, 6) is 0.383. The Bertz CT molecular complexity index is 214. The number of hydrogen-bond acceptors (Lipinski definition) is 2. The largest absolute Gasteiger partial charge is 0.353 e. The van der Waals surface area contributed by atoms with Crippen molar-refractivity contribution in [2.24, 2.45) is 11.3 Å². The molecule has 0 aliphatic carbocycles. The Morgan fingerprint density at radius 1 is 1.47 bits per heavy atom. The van der Waals surface area contributed by atoms with E-state index >= 15 is 0 Å². The minimum Gasteiger partial charge on any atom is -0.353 e. The first-order valence-electron chi connectivity index (χ1n) is 5.92. The first-order chi connectivity index (χ1) is 6.91. The van der Waals surface area contributed by atoms with Crippen LogP contribution >= 0.6 is 0 Å². The summed E-state index contributed by atoms with van der Waals surface area (Å²) in [5, 5.41) is 6.38. The van der Waals surface area contributed by atoms with E-state index in [2.05, 4.69) is 38.3 Å². The van der Waals surface area contributed by atoms with Crippen molar-refractivity contribution in [2.45, 2.75) is 46.6 Å². The Morgan fingerprint density at radius 2 is 2.13 bits per heavy atom. The standard InChI is InChI=1S/C12H24N2O/c1-9(12(2,3)4)14-11(15)10-6-5-7-13-8-10/h9-10,13H,5-8H2,1-4H3,(H,14,15). The van der Waals surface area contributed by atoms with Gasteiger partial charge in [0.1, 0.15) is 0 Å². The number of carbonyl (C=O) groups excluding carboxylic acids is 1. The second kappa shape index (κ2) is 4.97. The zero-order chi connectivity index (χ0) is 11.5. The molecule has 1 fully saturated rings. The maximum atomic E-state index is 11.9. The van der Waals surface area contributed by atoms with E-state index in [0.717, 1.165) is 25.9 Å². The molecule has 1 saturated heterocycles. The molecule has 3 heteroatoms. The Labute approximate surface area is 93.0 Å². The quantitative estimate of drug-likeness (QED) is 0.729. The Hall–Kier alpha value is -0.570. The van der Waals surface area contributed by atoms with Crippen LogP contribution in [0.2, 0.25) is 0 Å². The molecule has 0 aromatic rings. The van der Waals surface area contributed by atoms with Gasteiger partial charge in [0, 0.05) is 12.6 Å². The molecule has 2 N–H and O–H groups in total. The molecule has 1 heterocycles. The van der Waals surface area contributed by atoms with Crippen LogP contribution in [0.25, 0.3) is 0 Å². The summed E-state index contributed by atoms with van der Waals surface area (Å²) in [4.78, 5) is 11.9. The van der Waals surface area contributed by atoms with Crippen LogP contribution in [-0.2, 0) is 4.79 Å². The van der Waals surface area contributed by atoms with Gasteiger partial charge in [0.25, 0.3) is 0 Å². The fourth-order valence-corrected chi connectivity index (χ4v) is 1.62. The fourth-order valence-electron chi connectivity index (χ4n) is 1.62. The predicted molar refractivity (Wildman–Crippen MR) is 62.7 cm³/mol. The van der Waals surface area contributed by atoms with Gasteiger partial charge in [0.15, 0.2) is 0 Å². The monoisotopic (exact) mass is 212 g/mol. The molecular formula is C12H24N2O. The maximum absolute atomic E-state index is 11.9. The first kappa shape index (κ1) is 12.5. The molecule has 0 spiro atoms. The second-order valence-electron chi connectivity index (χ2n) is 5.64. The van der Waals surface area contributed by atoms with Crippen molar-refractivity contribution in [1.29, 1.82) is 0 Å². The number of nitrogens with one attached hydrogen (secondary N) is 2. The number of carbonyl (C=O) groups is 1. The maximum Gasteiger partial charge on any atom is 0.224 e. The van der Waals surface area contributed by atoms with Crippen LogP contribution in [0.15, 0.2) is 0 Å². The Balaban J connectivity index is 2.40. The van der Waals surface area contributed by atoms with E-state index in [-0.39, 0.29) is 23.3 Å². The normalized spacial score (nSPS) is 24.7. The van der Waals surface area contributed by atoms with E-state index in [4.69, 9.17) is 0 Å². The molecule has 0 saturated carbocycles. The summed E-state index contributed by atoms with van der Waals surface area (Å²) in [6.45, 7) is 10.4. The van der Waals surface area contributed by atoms with Gasteiger partial charge in [0.2, 0.25) is 5.91 Å². The van der Waals surface area contributed by atoms with E-state index in [1.54, 1.807) is 0 Å². The van der Waals surface area contributed by atoms with Crippen molar-refractivity contribution in [2.75, 3.05) is 13.1 Å². The van der Waals surface area contributed by atoms with Crippen molar-refractivity contribution >= 4 is 5.91 Å². The van der Waals surface area contributed by atoms with Crippen LogP contribution in [0.5, 0.6) is 0 Å². The average Bonchev–Trinajstić information content (AvgIpc) is 2.17. The average molecular weight is 212 g/mol. The lowest BCUT2D eigenvalue weighted by atomic mass is 9.87. The third kappa shape index (κ3) is 3.82. The van der Waals surface area contributed by atoms with E-state index in [9.17, 15) is 4.79 Å². The molecular weight excluding hydrogens is 188 g/mol. The minimum atomic E-state index is 0.137. The number of rotatable bonds is 2. The summed E-state index contributed by atoms with van der Waals surface area (Å²) < 4.78 is 0. The van der Waals surface area contributed by atoms with Gasteiger partial charge in [0.05, 0.1) is 5.92 Å². The molecule has 15 heavy (non-hydrogen) atoms. The van der Waals surface area contributed by atoms with Crippen LogP contribution in [0.3, 0.4) is 0 Å². The molecule has 1 aliphatic rings. The topological polar surface area (TPSA) is 41.1 Å². The Kier molecular flexibility index (Phi) is 4.14. The first-order valence-corrected chi connectivity index (χ1v) is 5.92. The van der Waals surface area contributed by atoms with Crippen molar-refractivity contribution in [3.8, 4) is 0 Å². The van der Waals surface area contributed by atoms with Crippen LogP contribution in [0.4, 0.5) is 0 Å². The van der Waals surface area contributed by atoms with Crippen LogP contribution < -0.4 is 10.6 Å². The number of hydrogen-bond donors (Lipinski definition) is 2.